The van der Waals surface area contributed by atoms with Gasteiger partial charge in [-0.25, -0.2) is 0 Å². The lowest BCUT2D eigenvalue weighted by Crippen LogP contribution is -2.35. The third kappa shape index (κ3) is 5.41. The first kappa shape index (κ1) is 21.4. The van der Waals surface area contributed by atoms with Crippen LogP contribution in [0.25, 0.3) is 0 Å². The lowest BCUT2D eigenvalue weighted by molar-refractivity contribution is 0.0954. The molecule has 0 saturated heterocycles. The van der Waals surface area contributed by atoms with Crippen LogP contribution in [0.1, 0.15) is 39.9 Å². The van der Waals surface area contributed by atoms with E-state index in [2.05, 4.69) is 53.5 Å². The summed E-state index contributed by atoms with van der Waals surface area (Å²) in [7, 11) is 0. The Balaban J connectivity index is 1.49. The van der Waals surface area contributed by atoms with Crippen LogP contribution < -0.4 is 15.0 Å². The van der Waals surface area contributed by atoms with E-state index in [-0.39, 0.29) is 5.91 Å². The molecule has 3 rings (SSSR count). The Morgan fingerprint density at radius 1 is 1.13 bits per heavy atom. The summed E-state index contributed by atoms with van der Waals surface area (Å²) in [5.41, 5.74) is 4.79. The molecular weight excluding hydrogens is 378 g/mol. The maximum absolute atomic E-state index is 12.5. The Morgan fingerprint density at radius 3 is 2.53 bits per heavy atom. The van der Waals surface area contributed by atoms with Crippen molar-refractivity contribution in [1.82, 2.24) is 10.5 Å². The minimum atomic E-state index is -0.0902. The van der Waals surface area contributed by atoms with Gasteiger partial charge in [-0.2, -0.15) is 0 Å². The van der Waals surface area contributed by atoms with Crippen LogP contribution in [0.3, 0.4) is 0 Å². The molecule has 2 aromatic carbocycles. The van der Waals surface area contributed by atoms with Crippen LogP contribution in [-0.4, -0.2) is 30.7 Å². The summed E-state index contributed by atoms with van der Waals surface area (Å²) >= 11 is 0. The first-order chi connectivity index (χ1) is 14.5. The highest BCUT2D eigenvalue weighted by Gasteiger charge is 2.11. The fourth-order valence-corrected chi connectivity index (χ4v) is 3.27. The fraction of sp³-hybridized carbons (Fsp3) is 0.333. The molecule has 0 aliphatic carbocycles. The highest BCUT2D eigenvalue weighted by molar-refractivity contribution is 5.94. The summed E-state index contributed by atoms with van der Waals surface area (Å²) in [6.45, 7) is 10.6. The van der Waals surface area contributed by atoms with Crippen molar-refractivity contribution >= 4 is 11.6 Å². The molecule has 0 aliphatic rings. The van der Waals surface area contributed by atoms with Crippen molar-refractivity contribution in [3.05, 3.63) is 76.7 Å². The number of benzene rings is 2. The maximum atomic E-state index is 12.5. The van der Waals surface area contributed by atoms with E-state index >= 15 is 0 Å². The van der Waals surface area contributed by atoms with Crippen molar-refractivity contribution in [3.63, 3.8) is 0 Å². The molecule has 0 unspecified atom stereocenters. The van der Waals surface area contributed by atoms with Gasteiger partial charge in [-0.15, -0.1) is 0 Å². The van der Waals surface area contributed by atoms with Gasteiger partial charge >= 0.3 is 0 Å². The van der Waals surface area contributed by atoms with Crippen LogP contribution in [-0.2, 0) is 6.61 Å². The van der Waals surface area contributed by atoms with Gasteiger partial charge in [0.1, 0.15) is 18.1 Å². The highest BCUT2D eigenvalue weighted by atomic mass is 16.5. The summed E-state index contributed by atoms with van der Waals surface area (Å²) < 4.78 is 10.9. The number of carbonyl (C=O) groups is 1. The molecule has 0 fully saturated rings. The second-order valence-corrected chi connectivity index (χ2v) is 7.29. The minimum absolute atomic E-state index is 0.0902. The van der Waals surface area contributed by atoms with Crippen LogP contribution in [0.15, 0.2) is 53.1 Å². The van der Waals surface area contributed by atoms with Crippen molar-refractivity contribution in [1.29, 1.82) is 0 Å². The first-order valence-corrected chi connectivity index (χ1v) is 10.2. The Kier molecular flexibility index (Phi) is 7.12. The van der Waals surface area contributed by atoms with Crippen molar-refractivity contribution in [2.75, 3.05) is 24.5 Å². The molecule has 0 saturated carbocycles. The molecule has 158 valence electrons. The quantitative estimate of drug-likeness (QED) is 0.568. The molecule has 1 amide bonds. The van der Waals surface area contributed by atoms with Crippen molar-refractivity contribution in [2.24, 2.45) is 0 Å². The molecule has 1 heterocycles. The Bertz CT molecular complexity index is 960. The lowest BCUT2D eigenvalue weighted by Gasteiger charge is -2.23. The van der Waals surface area contributed by atoms with Gasteiger partial charge in [0.05, 0.1) is 11.3 Å². The number of hydrogen-bond acceptors (Lipinski definition) is 5. The fourth-order valence-electron chi connectivity index (χ4n) is 3.27. The molecule has 0 bridgehead atoms. The summed E-state index contributed by atoms with van der Waals surface area (Å²) in [5, 5.41) is 6.92. The van der Waals surface area contributed by atoms with Crippen LogP contribution >= 0.6 is 0 Å². The number of rotatable bonds is 9. The summed E-state index contributed by atoms with van der Waals surface area (Å²) in [4.78, 5) is 14.7. The predicted octanol–water partition coefficient (Wildman–Crippen LogP) is 4.44. The smallest absolute Gasteiger partial charge is 0.251 e. The topological polar surface area (TPSA) is 67.6 Å². The van der Waals surface area contributed by atoms with E-state index in [0.29, 0.717) is 24.5 Å². The zero-order chi connectivity index (χ0) is 21.5. The van der Waals surface area contributed by atoms with Gasteiger partial charge in [-0.1, -0.05) is 17.3 Å². The molecule has 0 atom stereocenters. The maximum Gasteiger partial charge on any atom is 0.251 e. The Hall–Kier alpha value is -3.28. The highest BCUT2D eigenvalue weighted by Crippen LogP contribution is 2.18. The lowest BCUT2D eigenvalue weighted by atomic mass is 10.2. The summed E-state index contributed by atoms with van der Waals surface area (Å²) in [5.74, 6) is 1.37. The Labute approximate surface area is 177 Å². The van der Waals surface area contributed by atoms with E-state index < -0.39 is 0 Å². The molecule has 0 aliphatic heterocycles. The van der Waals surface area contributed by atoms with E-state index in [1.165, 1.54) is 11.3 Å². The molecule has 6 nitrogen and oxygen atoms in total. The summed E-state index contributed by atoms with van der Waals surface area (Å²) in [6.07, 6.45) is 0. The van der Waals surface area contributed by atoms with E-state index in [1.807, 2.05) is 13.8 Å². The number of carbonyl (C=O) groups excluding carboxylic acids is 1. The largest absolute Gasteiger partial charge is 0.489 e. The van der Waals surface area contributed by atoms with E-state index in [0.717, 1.165) is 30.1 Å². The normalized spacial score (nSPS) is 10.7. The molecule has 1 N–H and O–H groups in total. The standard InChI is InChI=1S/C24H29N3O3/c1-5-27(21-8-6-7-17(2)15-21)14-13-25-24(28)20-9-11-22(12-10-20)29-16-23-18(3)26-30-19(23)4/h6-12,15H,5,13-14,16H2,1-4H3,(H,25,28). The van der Waals surface area contributed by atoms with Crippen LogP contribution in [0, 0.1) is 20.8 Å². The van der Waals surface area contributed by atoms with Gasteiger partial charge in [-0.3, -0.25) is 4.79 Å². The molecule has 6 heteroatoms. The monoisotopic (exact) mass is 407 g/mol. The number of anilines is 1. The van der Waals surface area contributed by atoms with Gasteiger partial charge in [0.25, 0.3) is 5.91 Å². The average molecular weight is 408 g/mol. The number of likely N-dealkylation sites (N-methyl/N-ethyl adjacent to an activating group) is 1. The second kappa shape index (κ2) is 9.96. The number of nitrogens with one attached hydrogen (secondary N) is 1. The molecular formula is C24H29N3O3. The number of nitrogens with zero attached hydrogens (tertiary/aromatic N) is 2. The van der Waals surface area contributed by atoms with E-state index in [1.54, 1.807) is 24.3 Å². The molecule has 30 heavy (non-hydrogen) atoms. The van der Waals surface area contributed by atoms with Gasteiger partial charge < -0.3 is 19.5 Å². The van der Waals surface area contributed by atoms with Gasteiger partial charge in [0.2, 0.25) is 0 Å². The molecule has 0 spiro atoms. The van der Waals surface area contributed by atoms with Gasteiger partial charge in [-0.05, 0) is 69.7 Å². The van der Waals surface area contributed by atoms with Crippen molar-refractivity contribution in [3.8, 4) is 5.75 Å². The van der Waals surface area contributed by atoms with Crippen molar-refractivity contribution < 1.29 is 14.1 Å². The van der Waals surface area contributed by atoms with E-state index in [4.69, 9.17) is 9.26 Å². The number of amides is 1. The molecule has 0 radical (unpaired) electrons. The number of aryl methyl sites for hydroxylation is 3. The Morgan fingerprint density at radius 2 is 1.90 bits per heavy atom. The second-order valence-electron chi connectivity index (χ2n) is 7.29. The first-order valence-electron chi connectivity index (χ1n) is 10.2. The number of aromatic nitrogens is 1. The minimum Gasteiger partial charge on any atom is -0.489 e. The number of hydrogen-bond donors (Lipinski definition) is 1. The third-order valence-corrected chi connectivity index (χ3v) is 5.10. The predicted molar refractivity (Wildman–Crippen MR) is 118 cm³/mol. The van der Waals surface area contributed by atoms with E-state index in [9.17, 15) is 4.79 Å². The van der Waals surface area contributed by atoms with Crippen LogP contribution in [0.4, 0.5) is 5.69 Å². The third-order valence-electron chi connectivity index (χ3n) is 5.10. The zero-order valence-electron chi connectivity index (χ0n) is 18.1. The average Bonchev–Trinajstić information content (AvgIpc) is 3.07. The molecule has 1 aromatic heterocycles. The zero-order valence-corrected chi connectivity index (χ0v) is 18.1. The van der Waals surface area contributed by atoms with Gasteiger partial charge in [0, 0.05) is 30.9 Å². The number of ether oxygens (including phenoxy) is 1. The van der Waals surface area contributed by atoms with Crippen LogP contribution in [0.2, 0.25) is 0 Å². The SMILES string of the molecule is CCN(CCNC(=O)c1ccc(OCc2c(C)noc2C)cc1)c1cccc(C)c1. The summed E-state index contributed by atoms with van der Waals surface area (Å²) in [6, 6.07) is 15.6. The van der Waals surface area contributed by atoms with Crippen molar-refractivity contribution in [2.45, 2.75) is 34.3 Å². The van der Waals surface area contributed by atoms with Crippen LogP contribution in [0.5, 0.6) is 5.75 Å². The van der Waals surface area contributed by atoms with Gasteiger partial charge in [0.15, 0.2) is 0 Å². The molecule has 3 aromatic rings.